The molecule has 3 nitrogen and oxygen atoms in total. The van der Waals surface area contributed by atoms with Gasteiger partial charge in [-0.3, -0.25) is 4.79 Å². The number of amides is 1. The number of carbonyl (C=O) groups excluding carboxylic acids is 1. The summed E-state index contributed by atoms with van der Waals surface area (Å²) >= 11 is 0. The number of carbonyl (C=O) groups is 1. The van der Waals surface area contributed by atoms with Gasteiger partial charge in [0.1, 0.15) is 0 Å². The quantitative estimate of drug-likeness (QED) is 0.781. The predicted molar refractivity (Wildman–Crippen MR) is 75.6 cm³/mol. The highest BCUT2D eigenvalue weighted by Crippen LogP contribution is 2.36. The average Bonchev–Trinajstić information content (AvgIpc) is 2.53. The summed E-state index contributed by atoms with van der Waals surface area (Å²) in [6.45, 7) is 0. The SMILES string of the molecule is N#Cc1cccc(NC(=O)c2cc(C(F)(F)F)cc(C(F)(F)F)c2)c1. The van der Waals surface area contributed by atoms with Crippen molar-refractivity contribution in [1.29, 1.82) is 5.26 Å². The normalized spacial score (nSPS) is 11.7. The van der Waals surface area contributed by atoms with E-state index in [-0.39, 0.29) is 17.3 Å². The van der Waals surface area contributed by atoms with Crippen LogP contribution >= 0.6 is 0 Å². The molecule has 25 heavy (non-hydrogen) atoms. The molecule has 0 saturated heterocycles. The molecule has 0 aromatic heterocycles. The fourth-order valence-electron chi connectivity index (χ4n) is 1.96. The Kier molecular flexibility index (Phi) is 4.74. The van der Waals surface area contributed by atoms with E-state index >= 15 is 0 Å². The van der Waals surface area contributed by atoms with Gasteiger partial charge in [0.15, 0.2) is 0 Å². The molecule has 0 unspecified atom stereocenters. The molecule has 2 rings (SSSR count). The smallest absolute Gasteiger partial charge is 0.322 e. The van der Waals surface area contributed by atoms with E-state index in [0.717, 1.165) is 0 Å². The lowest BCUT2D eigenvalue weighted by atomic mass is 10.0. The lowest BCUT2D eigenvalue weighted by molar-refractivity contribution is -0.143. The third-order valence-electron chi connectivity index (χ3n) is 3.10. The summed E-state index contributed by atoms with van der Waals surface area (Å²) in [6.07, 6.45) is -10.1. The Labute approximate surface area is 137 Å². The fraction of sp³-hybridized carbons (Fsp3) is 0.125. The van der Waals surface area contributed by atoms with Gasteiger partial charge in [-0.1, -0.05) is 6.07 Å². The Morgan fingerprint density at radius 2 is 1.48 bits per heavy atom. The van der Waals surface area contributed by atoms with Crippen LogP contribution in [0.15, 0.2) is 42.5 Å². The molecule has 130 valence electrons. The first-order valence-corrected chi connectivity index (χ1v) is 6.62. The van der Waals surface area contributed by atoms with E-state index in [1.165, 1.54) is 24.3 Å². The van der Waals surface area contributed by atoms with Crippen molar-refractivity contribution >= 4 is 11.6 Å². The van der Waals surface area contributed by atoms with Gasteiger partial charge >= 0.3 is 12.4 Å². The second kappa shape index (κ2) is 6.47. The molecular formula is C16H8F6N2O. The van der Waals surface area contributed by atoms with Gasteiger partial charge in [0.25, 0.3) is 5.91 Å². The van der Waals surface area contributed by atoms with E-state index < -0.39 is 35.0 Å². The van der Waals surface area contributed by atoms with Crippen LogP contribution in [-0.2, 0) is 12.4 Å². The minimum absolute atomic E-state index is 0.0624. The molecule has 2 aromatic carbocycles. The molecule has 1 N–H and O–H groups in total. The molecule has 9 heteroatoms. The van der Waals surface area contributed by atoms with Crippen LogP contribution in [0.3, 0.4) is 0 Å². The maximum atomic E-state index is 12.8. The van der Waals surface area contributed by atoms with Gasteiger partial charge in [-0.05, 0) is 36.4 Å². The molecule has 0 heterocycles. The van der Waals surface area contributed by atoms with Crippen LogP contribution in [0.25, 0.3) is 0 Å². The lowest BCUT2D eigenvalue weighted by Crippen LogP contribution is -2.17. The highest BCUT2D eigenvalue weighted by molar-refractivity contribution is 6.04. The second-order valence-electron chi connectivity index (χ2n) is 4.94. The van der Waals surface area contributed by atoms with E-state index in [0.29, 0.717) is 12.1 Å². The molecule has 1 amide bonds. The van der Waals surface area contributed by atoms with Gasteiger partial charge in [0, 0.05) is 11.3 Å². The van der Waals surface area contributed by atoms with E-state index in [2.05, 4.69) is 5.32 Å². The number of alkyl halides is 6. The Bertz CT molecular complexity index is 817. The summed E-state index contributed by atoms with van der Waals surface area (Å²) in [5.41, 5.74) is -3.74. The van der Waals surface area contributed by atoms with Crippen molar-refractivity contribution in [1.82, 2.24) is 0 Å². The van der Waals surface area contributed by atoms with E-state index in [1.807, 2.05) is 0 Å². The first-order valence-electron chi connectivity index (χ1n) is 6.62. The van der Waals surface area contributed by atoms with Crippen LogP contribution in [0.2, 0.25) is 0 Å². The van der Waals surface area contributed by atoms with Gasteiger partial charge in [-0.2, -0.15) is 31.6 Å². The van der Waals surface area contributed by atoms with Crippen molar-refractivity contribution in [3.05, 3.63) is 64.7 Å². The van der Waals surface area contributed by atoms with Crippen molar-refractivity contribution < 1.29 is 31.1 Å². The van der Waals surface area contributed by atoms with E-state index in [1.54, 1.807) is 6.07 Å². The minimum atomic E-state index is -5.04. The van der Waals surface area contributed by atoms with Gasteiger partial charge < -0.3 is 5.32 Å². The summed E-state index contributed by atoms with van der Waals surface area (Å²) in [6, 6.07) is 7.79. The third-order valence-corrected chi connectivity index (χ3v) is 3.10. The molecule has 0 aliphatic rings. The molecule has 0 bridgehead atoms. The summed E-state index contributed by atoms with van der Waals surface area (Å²) in [7, 11) is 0. The van der Waals surface area contributed by atoms with E-state index in [4.69, 9.17) is 5.26 Å². The summed E-state index contributed by atoms with van der Waals surface area (Å²) in [4.78, 5) is 12.0. The standard InChI is InChI=1S/C16H8F6N2O/c17-15(18,19)11-5-10(6-12(7-11)16(20,21)22)14(25)24-13-3-1-2-9(4-13)8-23/h1-7H,(H,24,25). The Morgan fingerprint density at radius 1 is 0.920 bits per heavy atom. The van der Waals surface area contributed by atoms with Gasteiger partial charge in [0.05, 0.1) is 22.8 Å². The van der Waals surface area contributed by atoms with Crippen molar-refractivity contribution in [2.24, 2.45) is 0 Å². The van der Waals surface area contributed by atoms with Crippen LogP contribution in [0.4, 0.5) is 32.0 Å². The molecular weight excluding hydrogens is 350 g/mol. The number of hydrogen-bond donors (Lipinski definition) is 1. The third kappa shape index (κ3) is 4.50. The largest absolute Gasteiger partial charge is 0.416 e. The first-order chi connectivity index (χ1) is 11.5. The van der Waals surface area contributed by atoms with Crippen molar-refractivity contribution in [2.45, 2.75) is 12.4 Å². The Morgan fingerprint density at radius 3 is 1.96 bits per heavy atom. The van der Waals surface area contributed by atoms with E-state index in [9.17, 15) is 31.1 Å². The molecule has 0 radical (unpaired) electrons. The molecule has 0 saturated carbocycles. The lowest BCUT2D eigenvalue weighted by Gasteiger charge is -2.14. The first kappa shape index (κ1) is 18.3. The number of rotatable bonds is 2. The van der Waals surface area contributed by atoms with Gasteiger partial charge in [-0.25, -0.2) is 0 Å². The van der Waals surface area contributed by atoms with Crippen molar-refractivity contribution in [3.8, 4) is 6.07 Å². The maximum absolute atomic E-state index is 12.8. The Balaban J connectivity index is 2.43. The van der Waals surface area contributed by atoms with Crippen LogP contribution < -0.4 is 5.32 Å². The van der Waals surface area contributed by atoms with Crippen molar-refractivity contribution in [3.63, 3.8) is 0 Å². The average molecular weight is 358 g/mol. The highest BCUT2D eigenvalue weighted by atomic mass is 19.4. The molecule has 0 fully saturated rings. The zero-order valence-electron chi connectivity index (χ0n) is 12.2. The number of hydrogen-bond acceptors (Lipinski definition) is 2. The van der Waals surface area contributed by atoms with Crippen LogP contribution in [0.1, 0.15) is 27.0 Å². The topological polar surface area (TPSA) is 52.9 Å². The maximum Gasteiger partial charge on any atom is 0.416 e. The zero-order valence-corrected chi connectivity index (χ0v) is 12.2. The second-order valence-corrected chi connectivity index (χ2v) is 4.94. The van der Waals surface area contributed by atoms with Crippen LogP contribution in [0.5, 0.6) is 0 Å². The monoisotopic (exact) mass is 358 g/mol. The van der Waals surface area contributed by atoms with Gasteiger partial charge in [-0.15, -0.1) is 0 Å². The summed E-state index contributed by atoms with van der Waals surface area (Å²) in [5.74, 6) is -1.16. The number of nitrogens with one attached hydrogen (secondary N) is 1. The highest BCUT2D eigenvalue weighted by Gasteiger charge is 2.37. The summed E-state index contributed by atoms with van der Waals surface area (Å²) in [5, 5.41) is 10.9. The number of halogens is 6. The van der Waals surface area contributed by atoms with Crippen LogP contribution in [-0.4, -0.2) is 5.91 Å². The summed E-state index contributed by atoms with van der Waals surface area (Å²) < 4.78 is 76.7. The van der Waals surface area contributed by atoms with Gasteiger partial charge in [0.2, 0.25) is 0 Å². The predicted octanol–water partition coefficient (Wildman–Crippen LogP) is 4.85. The molecule has 0 aliphatic carbocycles. The fourth-order valence-corrected chi connectivity index (χ4v) is 1.96. The molecule has 2 aromatic rings. The number of nitriles is 1. The number of nitrogens with zero attached hydrogens (tertiary/aromatic N) is 1. The molecule has 0 aliphatic heterocycles. The molecule has 0 spiro atoms. The van der Waals surface area contributed by atoms with Crippen molar-refractivity contribution in [2.75, 3.05) is 5.32 Å². The number of anilines is 1. The molecule has 0 atom stereocenters. The Hall–Kier alpha value is -3.02. The minimum Gasteiger partial charge on any atom is -0.322 e. The zero-order chi connectivity index (χ0) is 18.8. The number of benzene rings is 2. The van der Waals surface area contributed by atoms with Crippen LogP contribution in [0, 0.1) is 11.3 Å².